The van der Waals surface area contributed by atoms with Crippen molar-refractivity contribution in [3.05, 3.63) is 24.0 Å². The Balaban J connectivity index is 2.59. The molecule has 3 nitrogen and oxygen atoms in total. The molecule has 0 bridgehead atoms. The molecule has 70 valence electrons. The summed E-state index contributed by atoms with van der Waals surface area (Å²) in [5.74, 6) is 0.457. The second-order valence-corrected chi connectivity index (χ2v) is 2.42. The van der Waals surface area contributed by atoms with Crippen LogP contribution >= 0.6 is 0 Å². The van der Waals surface area contributed by atoms with Crippen molar-refractivity contribution in [3.63, 3.8) is 0 Å². The molecular formula is C9H10FNO2. The first-order valence-corrected chi connectivity index (χ1v) is 3.96. The van der Waals surface area contributed by atoms with Crippen molar-refractivity contribution >= 4 is 6.29 Å². The number of hydrogen-bond acceptors (Lipinski definition) is 3. The summed E-state index contributed by atoms with van der Waals surface area (Å²) in [5.41, 5.74) is 0.390. The minimum absolute atomic E-state index is 0.279. The van der Waals surface area contributed by atoms with E-state index < -0.39 is 6.67 Å². The first kappa shape index (κ1) is 9.64. The van der Waals surface area contributed by atoms with Gasteiger partial charge in [-0.05, 0) is 6.07 Å². The van der Waals surface area contributed by atoms with E-state index >= 15 is 0 Å². The second-order valence-electron chi connectivity index (χ2n) is 2.42. The van der Waals surface area contributed by atoms with Crippen LogP contribution in [0.15, 0.2) is 18.5 Å². The predicted octanol–water partition coefficient (Wildman–Crippen LogP) is 1.63. The summed E-state index contributed by atoms with van der Waals surface area (Å²) in [6, 6.07) is 1.59. The number of nitrogens with zero attached hydrogens (tertiary/aromatic N) is 1. The zero-order valence-electron chi connectivity index (χ0n) is 7.07. The third kappa shape index (κ3) is 2.82. The number of ether oxygens (including phenoxy) is 1. The third-order valence-electron chi connectivity index (χ3n) is 1.47. The van der Waals surface area contributed by atoms with Crippen molar-refractivity contribution in [1.29, 1.82) is 0 Å². The van der Waals surface area contributed by atoms with Crippen LogP contribution in [-0.2, 0) is 0 Å². The Labute approximate surface area is 75.6 Å². The standard InChI is InChI=1S/C9H10FNO2/c10-3-1-5-13-9-2-4-11-6-8(9)7-12/h2,4,6-7H,1,3,5H2. The van der Waals surface area contributed by atoms with Crippen LogP contribution in [0.25, 0.3) is 0 Å². The molecule has 1 aromatic rings. The largest absolute Gasteiger partial charge is 0.493 e. The third-order valence-corrected chi connectivity index (χ3v) is 1.47. The maximum absolute atomic E-state index is 11.7. The van der Waals surface area contributed by atoms with Crippen molar-refractivity contribution in [3.8, 4) is 5.75 Å². The molecule has 0 spiro atoms. The normalized spacial score (nSPS) is 9.62. The first-order valence-electron chi connectivity index (χ1n) is 3.96. The molecule has 13 heavy (non-hydrogen) atoms. The number of carbonyl (C=O) groups is 1. The number of aromatic nitrogens is 1. The van der Waals surface area contributed by atoms with E-state index in [9.17, 15) is 9.18 Å². The van der Waals surface area contributed by atoms with Crippen LogP contribution in [-0.4, -0.2) is 24.6 Å². The van der Waals surface area contributed by atoms with Gasteiger partial charge in [-0.3, -0.25) is 14.2 Å². The zero-order valence-corrected chi connectivity index (χ0v) is 7.07. The maximum Gasteiger partial charge on any atom is 0.155 e. The van der Waals surface area contributed by atoms with Gasteiger partial charge in [0.25, 0.3) is 0 Å². The molecule has 4 heteroatoms. The number of hydrogen-bond donors (Lipinski definition) is 0. The van der Waals surface area contributed by atoms with E-state index in [4.69, 9.17) is 4.74 Å². The Morgan fingerprint density at radius 2 is 2.46 bits per heavy atom. The summed E-state index contributed by atoms with van der Waals surface area (Å²) < 4.78 is 16.9. The van der Waals surface area contributed by atoms with E-state index in [0.29, 0.717) is 24.0 Å². The molecule has 0 aliphatic rings. The average molecular weight is 183 g/mol. The fourth-order valence-electron chi connectivity index (χ4n) is 0.851. The van der Waals surface area contributed by atoms with Crippen molar-refractivity contribution < 1.29 is 13.9 Å². The highest BCUT2D eigenvalue weighted by atomic mass is 19.1. The van der Waals surface area contributed by atoms with Crippen molar-refractivity contribution in [1.82, 2.24) is 4.98 Å². The van der Waals surface area contributed by atoms with E-state index in [2.05, 4.69) is 4.98 Å². The number of halogens is 1. The Kier molecular flexibility index (Phi) is 3.88. The van der Waals surface area contributed by atoms with Gasteiger partial charge in [-0.1, -0.05) is 0 Å². The highest BCUT2D eigenvalue weighted by Crippen LogP contribution is 2.13. The van der Waals surface area contributed by atoms with Gasteiger partial charge in [-0.25, -0.2) is 0 Å². The Morgan fingerprint density at radius 1 is 1.62 bits per heavy atom. The van der Waals surface area contributed by atoms with Gasteiger partial charge in [0.05, 0.1) is 18.8 Å². The van der Waals surface area contributed by atoms with E-state index in [1.165, 1.54) is 12.4 Å². The molecule has 1 aromatic heterocycles. The van der Waals surface area contributed by atoms with Gasteiger partial charge in [0, 0.05) is 18.8 Å². The Hall–Kier alpha value is -1.45. The molecule has 1 rings (SSSR count). The molecular weight excluding hydrogens is 173 g/mol. The Morgan fingerprint density at radius 3 is 3.15 bits per heavy atom. The van der Waals surface area contributed by atoms with E-state index in [1.54, 1.807) is 6.07 Å². The summed E-state index contributed by atoms with van der Waals surface area (Å²) in [5, 5.41) is 0. The summed E-state index contributed by atoms with van der Waals surface area (Å²) in [4.78, 5) is 14.2. The van der Waals surface area contributed by atoms with Crippen molar-refractivity contribution in [2.75, 3.05) is 13.3 Å². The first-order chi connectivity index (χ1) is 6.38. The van der Waals surface area contributed by atoms with E-state index in [-0.39, 0.29) is 6.61 Å². The van der Waals surface area contributed by atoms with Crippen LogP contribution in [0.2, 0.25) is 0 Å². The lowest BCUT2D eigenvalue weighted by atomic mass is 10.3. The molecule has 0 aliphatic heterocycles. The van der Waals surface area contributed by atoms with Crippen molar-refractivity contribution in [2.24, 2.45) is 0 Å². The minimum Gasteiger partial charge on any atom is -0.493 e. The SMILES string of the molecule is O=Cc1cnccc1OCCCF. The summed E-state index contributed by atoms with van der Waals surface area (Å²) in [6.07, 6.45) is 3.94. The van der Waals surface area contributed by atoms with Gasteiger partial charge in [0.2, 0.25) is 0 Å². The topological polar surface area (TPSA) is 39.2 Å². The van der Waals surface area contributed by atoms with Crippen LogP contribution in [0.5, 0.6) is 5.75 Å². The van der Waals surface area contributed by atoms with Gasteiger partial charge in [-0.2, -0.15) is 0 Å². The molecule has 0 saturated carbocycles. The lowest BCUT2D eigenvalue weighted by Crippen LogP contribution is -2.00. The lowest BCUT2D eigenvalue weighted by Gasteiger charge is -2.05. The fourth-order valence-corrected chi connectivity index (χ4v) is 0.851. The highest BCUT2D eigenvalue weighted by Gasteiger charge is 2.00. The quantitative estimate of drug-likeness (QED) is 0.514. The summed E-state index contributed by atoms with van der Waals surface area (Å²) >= 11 is 0. The number of carbonyl (C=O) groups excluding carboxylic acids is 1. The van der Waals surface area contributed by atoms with Crippen LogP contribution < -0.4 is 4.74 Å². The van der Waals surface area contributed by atoms with Gasteiger partial charge < -0.3 is 4.74 Å². The van der Waals surface area contributed by atoms with Crippen LogP contribution in [0, 0.1) is 0 Å². The van der Waals surface area contributed by atoms with Crippen LogP contribution in [0.4, 0.5) is 4.39 Å². The molecule has 0 radical (unpaired) electrons. The number of aldehydes is 1. The highest BCUT2D eigenvalue weighted by molar-refractivity contribution is 5.78. The average Bonchev–Trinajstić information content (AvgIpc) is 2.19. The minimum atomic E-state index is -0.415. The van der Waals surface area contributed by atoms with E-state index in [1.807, 2.05) is 0 Å². The molecule has 0 unspecified atom stereocenters. The van der Waals surface area contributed by atoms with Crippen molar-refractivity contribution in [2.45, 2.75) is 6.42 Å². The monoisotopic (exact) mass is 183 g/mol. The lowest BCUT2D eigenvalue weighted by molar-refractivity contribution is 0.111. The van der Waals surface area contributed by atoms with Gasteiger partial charge in [-0.15, -0.1) is 0 Å². The smallest absolute Gasteiger partial charge is 0.155 e. The molecule has 0 aromatic carbocycles. The number of pyridine rings is 1. The molecule has 0 atom stereocenters. The molecule has 0 amide bonds. The number of rotatable bonds is 5. The fraction of sp³-hybridized carbons (Fsp3) is 0.333. The Bertz CT molecular complexity index is 278. The van der Waals surface area contributed by atoms with Gasteiger partial charge in [0.15, 0.2) is 6.29 Å². The zero-order chi connectivity index (χ0) is 9.52. The summed E-state index contributed by atoms with van der Waals surface area (Å²) in [6.45, 7) is -0.136. The second kappa shape index (κ2) is 5.24. The summed E-state index contributed by atoms with van der Waals surface area (Å²) in [7, 11) is 0. The molecule has 1 heterocycles. The number of alkyl halides is 1. The van der Waals surface area contributed by atoms with Crippen LogP contribution in [0.1, 0.15) is 16.8 Å². The molecule has 0 aliphatic carbocycles. The van der Waals surface area contributed by atoms with Crippen LogP contribution in [0.3, 0.4) is 0 Å². The maximum atomic E-state index is 11.7. The predicted molar refractivity (Wildman–Crippen MR) is 45.7 cm³/mol. The van der Waals surface area contributed by atoms with Gasteiger partial charge in [0.1, 0.15) is 5.75 Å². The molecule has 0 fully saturated rings. The molecule has 0 saturated heterocycles. The van der Waals surface area contributed by atoms with E-state index in [0.717, 1.165) is 0 Å². The molecule has 0 N–H and O–H groups in total. The van der Waals surface area contributed by atoms with Gasteiger partial charge >= 0.3 is 0 Å².